The third-order valence-corrected chi connectivity index (χ3v) is 4.84. The Morgan fingerprint density at radius 3 is 2.69 bits per heavy atom. The van der Waals surface area contributed by atoms with Crippen LogP contribution in [0.4, 0.5) is 0 Å². The van der Waals surface area contributed by atoms with Crippen LogP contribution in [0, 0.1) is 11.3 Å². The van der Waals surface area contributed by atoms with Crippen molar-refractivity contribution in [3.63, 3.8) is 0 Å². The number of rotatable bonds is 4. The smallest absolute Gasteiger partial charge is 0.328 e. The molecule has 1 atom stereocenters. The summed E-state index contributed by atoms with van der Waals surface area (Å²) >= 11 is 0. The number of pyridine rings is 1. The number of nitriles is 1. The highest BCUT2D eigenvalue weighted by molar-refractivity contribution is 6.11. The van der Waals surface area contributed by atoms with Crippen molar-refractivity contribution < 1.29 is 19.1 Å². The summed E-state index contributed by atoms with van der Waals surface area (Å²) in [6.07, 6.45) is 0.406. The Bertz CT molecular complexity index is 1150. The lowest BCUT2D eigenvalue weighted by Gasteiger charge is -2.15. The van der Waals surface area contributed by atoms with Crippen LogP contribution in [0.25, 0.3) is 21.9 Å². The molecule has 3 aromatic rings. The first-order valence-corrected chi connectivity index (χ1v) is 9.07. The molecule has 1 fully saturated rings. The lowest BCUT2D eigenvalue weighted by atomic mass is 9.95. The van der Waals surface area contributed by atoms with Crippen LogP contribution in [0.15, 0.2) is 48.5 Å². The Morgan fingerprint density at radius 2 is 2.03 bits per heavy atom. The van der Waals surface area contributed by atoms with Crippen molar-refractivity contribution in [2.45, 2.75) is 12.5 Å². The molecule has 1 N–H and O–H groups in total. The van der Waals surface area contributed by atoms with E-state index in [1.165, 1.54) is 0 Å². The second kappa shape index (κ2) is 7.60. The summed E-state index contributed by atoms with van der Waals surface area (Å²) in [5, 5.41) is 13.6. The molecule has 1 aromatic heterocycles. The maximum atomic E-state index is 12.9. The van der Waals surface area contributed by atoms with Crippen LogP contribution in [0.2, 0.25) is 0 Å². The van der Waals surface area contributed by atoms with Gasteiger partial charge in [-0.2, -0.15) is 5.26 Å². The zero-order valence-electron chi connectivity index (χ0n) is 15.6. The summed E-state index contributed by atoms with van der Waals surface area (Å²) < 4.78 is 10.2. The summed E-state index contributed by atoms with van der Waals surface area (Å²) in [5.41, 5.74) is 1.63. The van der Waals surface area contributed by atoms with Gasteiger partial charge in [0.05, 0.1) is 13.7 Å². The quantitative estimate of drug-likeness (QED) is 0.691. The normalized spacial score (nSPS) is 15.6. The molecule has 4 rings (SSSR count). The average Bonchev–Trinajstić information content (AvgIpc) is 3.16. The maximum absolute atomic E-state index is 12.9. The second-order valence-corrected chi connectivity index (χ2v) is 6.56. The molecule has 1 unspecified atom stereocenters. The average molecular weight is 387 g/mol. The van der Waals surface area contributed by atoms with Crippen LogP contribution in [0.1, 0.15) is 22.6 Å². The zero-order chi connectivity index (χ0) is 20.4. The third kappa shape index (κ3) is 3.36. The van der Waals surface area contributed by atoms with Gasteiger partial charge in [-0.15, -0.1) is 0 Å². The van der Waals surface area contributed by atoms with Crippen molar-refractivity contribution in [3.05, 3.63) is 59.9 Å². The molecule has 7 heteroatoms. The summed E-state index contributed by atoms with van der Waals surface area (Å²) in [7, 11) is 1.55. The van der Waals surface area contributed by atoms with Gasteiger partial charge in [0.2, 0.25) is 0 Å². The van der Waals surface area contributed by atoms with Crippen molar-refractivity contribution >= 4 is 22.6 Å². The zero-order valence-corrected chi connectivity index (χ0v) is 15.6. The number of fused-ring (bicyclic) bond motifs is 1. The van der Waals surface area contributed by atoms with Gasteiger partial charge in [-0.25, -0.2) is 9.78 Å². The minimum atomic E-state index is -0.711. The molecule has 1 aliphatic rings. The van der Waals surface area contributed by atoms with Gasteiger partial charge in [-0.1, -0.05) is 30.3 Å². The number of nitrogens with one attached hydrogen (secondary N) is 1. The Labute approximate surface area is 166 Å². The molecule has 1 amide bonds. The Hall–Kier alpha value is -3.92. The van der Waals surface area contributed by atoms with Crippen molar-refractivity contribution in [2.24, 2.45) is 0 Å². The van der Waals surface area contributed by atoms with Crippen LogP contribution >= 0.6 is 0 Å². The van der Waals surface area contributed by atoms with E-state index in [-0.39, 0.29) is 18.0 Å². The number of nitrogens with zero attached hydrogens (tertiary/aromatic N) is 2. The van der Waals surface area contributed by atoms with Gasteiger partial charge in [0.15, 0.2) is 0 Å². The third-order valence-electron chi connectivity index (χ3n) is 4.84. The highest BCUT2D eigenvalue weighted by atomic mass is 16.5. The Morgan fingerprint density at radius 1 is 1.24 bits per heavy atom. The number of methoxy groups -OCH3 is 1. The summed E-state index contributed by atoms with van der Waals surface area (Å²) in [5.74, 6) is -0.402. The van der Waals surface area contributed by atoms with Crippen LogP contribution in [0.5, 0.6) is 5.75 Å². The van der Waals surface area contributed by atoms with E-state index in [0.717, 1.165) is 5.56 Å². The van der Waals surface area contributed by atoms with E-state index >= 15 is 0 Å². The van der Waals surface area contributed by atoms with Gasteiger partial charge in [0, 0.05) is 17.4 Å². The van der Waals surface area contributed by atoms with Crippen molar-refractivity contribution in [1.82, 2.24) is 10.3 Å². The summed E-state index contributed by atoms with van der Waals surface area (Å²) in [4.78, 5) is 29.0. The Kier molecular flexibility index (Phi) is 4.83. The number of carbonyl (C=O) groups is 2. The summed E-state index contributed by atoms with van der Waals surface area (Å²) in [6.45, 7) is 0.269. The number of aromatic nitrogens is 1. The largest absolute Gasteiger partial charge is 0.497 e. The van der Waals surface area contributed by atoms with E-state index in [1.807, 2.05) is 30.3 Å². The Balaban J connectivity index is 1.92. The van der Waals surface area contributed by atoms with Crippen LogP contribution in [0.3, 0.4) is 0 Å². The molecule has 0 aliphatic carbocycles. The monoisotopic (exact) mass is 387 g/mol. The van der Waals surface area contributed by atoms with Gasteiger partial charge >= 0.3 is 5.97 Å². The molecular formula is C22H17N3O4. The molecule has 2 aromatic carbocycles. The van der Waals surface area contributed by atoms with Gasteiger partial charge < -0.3 is 14.8 Å². The fourth-order valence-corrected chi connectivity index (χ4v) is 3.42. The first-order chi connectivity index (χ1) is 14.1. The lowest BCUT2D eigenvalue weighted by molar-refractivity contribution is -0.139. The minimum Gasteiger partial charge on any atom is -0.497 e. The van der Waals surface area contributed by atoms with E-state index < -0.39 is 17.9 Å². The number of ether oxygens (including phenoxy) is 2. The first-order valence-electron chi connectivity index (χ1n) is 9.07. The number of hydrogen-bond donors (Lipinski definition) is 1. The van der Waals surface area contributed by atoms with E-state index in [1.54, 1.807) is 25.3 Å². The molecule has 2 heterocycles. The SMILES string of the molecule is COc1ccc2c(C(=O)NC3CCOC3=O)nc(C#N)c(-c3ccccc3)c2c1. The second-order valence-electron chi connectivity index (χ2n) is 6.56. The first kappa shape index (κ1) is 18.4. The lowest BCUT2D eigenvalue weighted by Crippen LogP contribution is -2.38. The fourth-order valence-electron chi connectivity index (χ4n) is 3.42. The number of hydrogen-bond acceptors (Lipinski definition) is 6. The molecule has 0 radical (unpaired) electrons. The summed E-state index contributed by atoms with van der Waals surface area (Å²) in [6, 6.07) is 16.0. The van der Waals surface area contributed by atoms with E-state index in [0.29, 0.717) is 28.5 Å². The fraction of sp³-hybridized carbons (Fsp3) is 0.182. The van der Waals surface area contributed by atoms with E-state index in [9.17, 15) is 14.9 Å². The highest BCUT2D eigenvalue weighted by Crippen LogP contribution is 2.34. The highest BCUT2D eigenvalue weighted by Gasteiger charge is 2.30. The molecular weight excluding hydrogens is 370 g/mol. The number of benzene rings is 2. The standard InChI is InChI=1S/C22H17N3O4/c1-28-14-7-8-15-16(11-14)19(13-5-3-2-4-6-13)18(12-23)24-20(15)21(26)25-17-9-10-29-22(17)27/h2-8,11,17H,9-10H2,1H3,(H,25,26). The maximum Gasteiger partial charge on any atom is 0.328 e. The van der Waals surface area contributed by atoms with Gasteiger partial charge in [-0.3, -0.25) is 4.79 Å². The molecule has 1 saturated heterocycles. The van der Waals surface area contributed by atoms with Crippen molar-refractivity contribution in [3.8, 4) is 22.9 Å². The van der Waals surface area contributed by atoms with E-state index in [4.69, 9.17) is 9.47 Å². The van der Waals surface area contributed by atoms with Crippen molar-refractivity contribution in [1.29, 1.82) is 5.26 Å². The molecule has 1 aliphatic heterocycles. The van der Waals surface area contributed by atoms with Crippen molar-refractivity contribution in [2.75, 3.05) is 13.7 Å². The molecule has 7 nitrogen and oxygen atoms in total. The number of carbonyl (C=O) groups excluding carboxylic acids is 2. The van der Waals surface area contributed by atoms with Gasteiger partial charge in [-0.05, 0) is 29.1 Å². The molecule has 144 valence electrons. The number of amides is 1. The predicted octanol–water partition coefficient (Wildman–Crippen LogP) is 2.83. The molecule has 0 spiro atoms. The predicted molar refractivity (Wildman–Crippen MR) is 105 cm³/mol. The number of esters is 1. The van der Waals surface area contributed by atoms with Crippen LogP contribution in [-0.4, -0.2) is 36.6 Å². The molecule has 0 bridgehead atoms. The number of cyclic esters (lactones) is 1. The van der Waals surface area contributed by atoms with Gasteiger partial charge in [0.1, 0.15) is 29.2 Å². The van der Waals surface area contributed by atoms with Gasteiger partial charge in [0.25, 0.3) is 5.91 Å². The van der Waals surface area contributed by atoms with Crippen LogP contribution in [-0.2, 0) is 9.53 Å². The van der Waals surface area contributed by atoms with E-state index in [2.05, 4.69) is 16.4 Å². The molecule has 29 heavy (non-hydrogen) atoms. The molecule has 0 saturated carbocycles. The van der Waals surface area contributed by atoms with Crippen LogP contribution < -0.4 is 10.1 Å². The topological polar surface area (TPSA) is 101 Å². The minimum absolute atomic E-state index is 0.0820.